The van der Waals surface area contributed by atoms with Crippen LogP contribution in [-0.2, 0) is 0 Å². The molecule has 0 saturated carbocycles. The number of ether oxygens (including phenoxy) is 1. The first kappa shape index (κ1) is 15.9. The summed E-state index contributed by atoms with van der Waals surface area (Å²) in [6.45, 7) is 0.685. The van der Waals surface area contributed by atoms with Gasteiger partial charge in [-0.2, -0.15) is 4.39 Å². The van der Waals surface area contributed by atoms with Gasteiger partial charge in [-0.3, -0.25) is 0 Å². The largest absolute Gasteiger partial charge is 0.490 e. The van der Waals surface area contributed by atoms with Gasteiger partial charge in [0.05, 0.1) is 6.61 Å². The van der Waals surface area contributed by atoms with Crippen LogP contribution in [0.1, 0.15) is 44.9 Å². The van der Waals surface area contributed by atoms with Gasteiger partial charge >= 0.3 is 0 Å². The van der Waals surface area contributed by atoms with Crippen molar-refractivity contribution in [1.82, 2.24) is 0 Å². The number of hydrogen-bond donors (Lipinski definition) is 1. The molecular weight excluding hydrogens is 250 g/mol. The molecule has 0 unspecified atom stereocenters. The van der Waals surface area contributed by atoms with E-state index in [1.54, 1.807) is 0 Å². The van der Waals surface area contributed by atoms with Crippen molar-refractivity contribution in [1.29, 1.82) is 0 Å². The fourth-order valence-electron chi connectivity index (χ4n) is 1.88. The van der Waals surface area contributed by atoms with Crippen LogP contribution in [0.4, 0.5) is 8.78 Å². The van der Waals surface area contributed by atoms with Crippen LogP contribution in [0.25, 0.3) is 0 Å². The summed E-state index contributed by atoms with van der Waals surface area (Å²) in [5, 5.41) is 8.62. The Hall–Kier alpha value is -1.16. The predicted octanol–water partition coefficient (Wildman–Crippen LogP) is 4.07. The highest BCUT2D eigenvalue weighted by Crippen LogP contribution is 2.19. The molecule has 4 heteroatoms. The van der Waals surface area contributed by atoms with Crippen LogP contribution in [0, 0.1) is 11.6 Å². The van der Waals surface area contributed by atoms with E-state index in [1.807, 2.05) is 0 Å². The molecule has 0 saturated heterocycles. The zero-order valence-corrected chi connectivity index (χ0v) is 11.2. The molecule has 0 fully saturated rings. The Balaban J connectivity index is 2.03. The first-order valence-corrected chi connectivity index (χ1v) is 6.93. The van der Waals surface area contributed by atoms with Crippen LogP contribution in [-0.4, -0.2) is 18.3 Å². The summed E-state index contributed by atoms with van der Waals surface area (Å²) in [7, 11) is 0. The molecule has 0 aliphatic heterocycles. The van der Waals surface area contributed by atoms with E-state index >= 15 is 0 Å². The molecule has 108 valence electrons. The van der Waals surface area contributed by atoms with Gasteiger partial charge in [-0.05, 0) is 25.0 Å². The summed E-state index contributed by atoms with van der Waals surface area (Å²) in [4.78, 5) is 0. The maximum absolute atomic E-state index is 13.2. The molecule has 0 atom stereocenters. The molecule has 0 spiro atoms. The van der Waals surface area contributed by atoms with Crippen molar-refractivity contribution in [2.75, 3.05) is 13.2 Å². The number of halogens is 2. The molecule has 0 bridgehead atoms. The second-order valence-corrected chi connectivity index (χ2v) is 4.60. The van der Waals surface area contributed by atoms with Gasteiger partial charge in [-0.15, -0.1) is 0 Å². The van der Waals surface area contributed by atoms with E-state index in [-0.39, 0.29) is 12.4 Å². The molecular formula is C15H22F2O2. The monoisotopic (exact) mass is 272 g/mol. The standard InChI is InChI=1S/C15H22F2O2/c16-13-9-8-10-14(15(13)17)19-12-7-5-3-1-2-4-6-11-18/h8-10,18H,1-7,11-12H2. The third kappa shape index (κ3) is 6.53. The highest BCUT2D eigenvalue weighted by molar-refractivity contribution is 5.24. The number of aliphatic hydroxyl groups excluding tert-OH is 1. The van der Waals surface area contributed by atoms with Crippen molar-refractivity contribution >= 4 is 0 Å². The number of hydrogen-bond acceptors (Lipinski definition) is 2. The minimum Gasteiger partial charge on any atom is -0.490 e. The third-order valence-electron chi connectivity index (χ3n) is 2.98. The van der Waals surface area contributed by atoms with Gasteiger partial charge in [0.25, 0.3) is 0 Å². The molecule has 1 aromatic rings. The number of benzene rings is 1. The normalized spacial score (nSPS) is 10.7. The first-order chi connectivity index (χ1) is 9.25. The van der Waals surface area contributed by atoms with Crippen molar-refractivity contribution in [2.45, 2.75) is 44.9 Å². The van der Waals surface area contributed by atoms with E-state index in [9.17, 15) is 8.78 Å². The molecule has 0 heterocycles. The Kier molecular flexibility index (Phi) is 8.14. The topological polar surface area (TPSA) is 29.5 Å². The van der Waals surface area contributed by atoms with Crippen LogP contribution in [0.15, 0.2) is 18.2 Å². The van der Waals surface area contributed by atoms with Gasteiger partial charge in [-0.1, -0.05) is 38.2 Å². The quantitative estimate of drug-likeness (QED) is 0.651. The summed E-state index contributed by atoms with van der Waals surface area (Å²) >= 11 is 0. The molecule has 2 nitrogen and oxygen atoms in total. The zero-order chi connectivity index (χ0) is 13.9. The fraction of sp³-hybridized carbons (Fsp3) is 0.600. The zero-order valence-electron chi connectivity index (χ0n) is 11.2. The van der Waals surface area contributed by atoms with E-state index in [2.05, 4.69) is 0 Å². The van der Waals surface area contributed by atoms with E-state index < -0.39 is 11.6 Å². The minimum atomic E-state index is -0.911. The molecule has 1 rings (SSSR count). The van der Waals surface area contributed by atoms with Crippen molar-refractivity contribution in [3.8, 4) is 5.75 Å². The van der Waals surface area contributed by atoms with Crippen LogP contribution in [0.5, 0.6) is 5.75 Å². The Labute approximate surface area is 113 Å². The molecule has 0 radical (unpaired) electrons. The maximum Gasteiger partial charge on any atom is 0.200 e. The predicted molar refractivity (Wildman–Crippen MR) is 71.3 cm³/mol. The van der Waals surface area contributed by atoms with Gasteiger partial charge in [-0.25, -0.2) is 4.39 Å². The summed E-state index contributed by atoms with van der Waals surface area (Å²) < 4.78 is 31.3. The molecule has 1 aromatic carbocycles. The summed E-state index contributed by atoms with van der Waals surface area (Å²) in [6.07, 6.45) is 7.21. The van der Waals surface area contributed by atoms with Crippen LogP contribution in [0.3, 0.4) is 0 Å². The smallest absolute Gasteiger partial charge is 0.200 e. The minimum absolute atomic E-state index is 0.0112. The van der Waals surface area contributed by atoms with Crippen molar-refractivity contribution < 1.29 is 18.6 Å². The number of rotatable bonds is 10. The summed E-state index contributed by atoms with van der Waals surface area (Å²) in [5.74, 6) is -1.80. The molecule has 19 heavy (non-hydrogen) atoms. The molecule has 0 aromatic heterocycles. The lowest BCUT2D eigenvalue weighted by Crippen LogP contribution is -2.00. The second-order valence-electron chi connectivity index (χ2n) is 4.60. The fourth-order valence-corrected chi connectivity index (χ4v) is 1.88. The van der Waals surface area contributed by atoms with Gasteiger partial charge in [0.15, 0.2) is 11.6 Å². The average Bonchev–Trinajstić information content (AvgIpc) is 2.41. The van der Waals surface area contributed by atoms with E-state index in [4.69, 9.17) is 9.84 Å². The molecule has 0 amide bonds. The molecule has 1 N–H and O–H groups in total. The Morgan fingerprint density at radius 2 is 1.53 bits per heavy atom. The second kappa shape index (κ2) is 9.73. The van der Waals surface area contributed by atoms with E-state index in [0.717, 1.165) is 51.0 Å². The van der Waals surface area contributed by atoms with Crippen molar-refractivity contribution in [3.63, 3.8) is 0 Å². The highest BCUT2D eigenvalue weighted by Gasteiger charge is 2.07. The lowest BCUT2D eigenvalue weighted by molar-refractivity contribution is 0.279. The Bertz CT molecular complexity index is 356. The average molecular weight is 272 g/mol. The maximum atomic E-state index is 13.2. The first-order valence-electron chi connectivity index (χ1n) is 6.93. The van der Waals surface area contributed by atoms with Crippen molar-refractivity contribution in [3.05, 3.63) is 29.8 Å². The molecule has 0 aliphatic carbocycles. The van der Waals surface area contributed by atoms with E-state index in [0.29, 0.717) is 6.61 Å². The van der Waals surface area contributed by atoms with Crippen LogP contribution in [0.2, 0.25) is 0 Å². The summed E-state index contributed by atoms with van der Waals surface area (Å²) in [6, 6.07) is 3.96. The highest BCUT2D eigenvalue weighted by atomic mass is 19.2. The SMILES string of the molecule is OCCCCCCCCCOc1cccc(F)c1F. The van der Waals surface area contributed by atoms with Gasteiger partial charge in [0.1, 0.15) is 0 Å². The Morgan fingerprint density at radius 3 is 2.21 bits per heavy atom. The number of unbranched alkanes of at least 4 members (excludes halogenated alkanes) is 6. The van der Waals surface area contributed by atoms with Crippen molar-refractivity contribution in [2.24, 2.45) is 0 Å². The summed E-state index contributed by atoms with van der Waals surface area (Å²) in [5.41, 5.74) is 0. The van der Waals surface area contributed by atoms with Gasteiger partial charge in [0, 0.05) is 6.61 Å². The van der Waals surface area contributed by atoms with Crippen LogP contribution < -0.4 is 4.74 Å². The number of aliphatic hydroxyl groups is 1. The Morgan fingerprint density at radius 1 is 0.895 bits per heavy atom. The van der Waals surface area contributed by atoms with Gasteiger partial charge < -0.3 is 9.84 Å². The lowest BCUT2D eigenvalue weighted by Gasteiger charge is -2.07. The lowest BCUT2D eigenvalue weighted by atomic mass is 10.1. The molecule has 0 aliphatic rings. The van der Waals surface area contributed by atoms with Crippen LogP contribution >= 0.6 is 0 Å². The van der Waals surface area contributed by atoms with E-state index in [1.165, 1.54) is 12.1 Å². The third-order valence-corrected chi connectivity index (χ3v) is 2.98. The van der Waals surface area contributed by atoms with Gasteiger partial charge in [0.2, 0.25) is 5.82 Å².